The van der Waals surface area contributed by atoms with Crippen molar-refractivity contribution in [1.29, 1.82) is 0 Å². The number of nitrogens with two attached hydrogens (primary N) is 1. The number of benzene rings is 2. The number of aromatic nitrogens is 5. The Bertz CT molecular complexity index is 2260. The highest BCUT2D eigenvalue weighted by atomic mass is 35.5. The number of aryl methyl sites for hydroxylation is 1. The molecule has 0 bridgehead atoms. The van der Waals surface area contributed by atoms with Gasteiger partial charge in [-0.15, -0.1) is 11.3 Å². The largest absolute Gasteiger partial charge is 0.495 e. The van der Waals surface area contributed by atoms with E-state index in [1.807, 2.05) is 44.2 Å². The predicted molar refractivity (Wildman–Crippen MR) is 176 cm³/mol. The molecule has 0 unspecified atom stereocenters. The fourth-order valence-corrected chi connectivity index (χ4v) is 6.99. The molecule has 0 amide bonds. The van der Waals surface area contributed by atoms with Gasteiger partial charge in [-0.3, -0.25) is 13.5 Å². The monoisotopic (exact) mass is 649 g/mol. The number of hydrogen-bond acceptors (Lipinski definition) is 9. The molecule has 4 heterocycles. The molecule has 0 aliphatic carbocycles. The van der Waals surface area contributed by atoms with E-state index in [-0.39, 0.29) is 11.4 Å². The Balaban J connectivity index is 1.61. The van der Waals surface area contributed by atoms with Crippen molar-refractivity contribution in [2.75, 3.05) is 30.5 Å². The van der Waals surface area contributed by atoms with Gasteiger partial charge in [0.2, 0.25) is 10.0 Å². The number of sulfonamides is 1. The van der Waals surface area contributed by atoms with Crippen LogP contribution >= 0.6 is 22.9 Å². The number of rotatable bonds is 7. The van der Waals surface area contributed by atoms with Crippen molar-refractivity contribution in [1.82, 2.24) is 24.1 Å². The van der Waals surface area contributed by atoms with Gasteiger partial charge in [0.05, 0.1) is 36.0 Å². The van der Waals surface area contributed by atoms with Crippen LogP contribution in [-0.4, -0.2) is 53.0 Å². The van der Waals surface area contributed by atoms with Gasteiger partial charge in [-0.25, -0.2) is 23.1 Å². The van der Waals surface area contributed by atoms with Crippen LogP contribution in [0.3, 0.4) is 0 Å². The van der Waals surface area contributed by atoms with Crippen molar-refractivity contribution in [3.05, 3.63) is 86.9 Å². The average Bonchev–Trinajstić information content (AvgIpc) is 3.57. The standard InChI is InChI=1S/C30H28ClN7O4S2/c1-16-7-6-8-18(11-16)25-20(13-24-37(30(25)39)23(31)14-43-24)17(2)38-29-26(28(32)33-15-34-29)27(35-38)19-9-10-22(42-4)21(12-19)36(3)44(5,40)41/h6-15,17H,1-5H3,(H2,32,33,34)/t17-/m0/s1. The summed E-state index contributed by atoms with van der Waals surface area (Å²) in [5.74, 6) is 0.575. The molecular weight excluding hydrogens is 622 g/mol. The molecule has 0 aliphatic rings. The minimum absolute atomic E-state index is 0.205. The third kappa shape index (κ3) is 4.86. The Hall–Kier alpha value is -4.46. The molecule has 6 aromatic rings. The maximum Gasteiger partial charge on any atom is 0.265 e. The number of halogens is 1. The summed E-state index contributed by atoms with van der Waals surface area (Å²) in [7, 11) is -0.678. The van der Waals surface area contributed by atoms with E-state index in [1.165, 1.54) is 36.2 Å². The maximum absolute atomic E-state index is 14.0. The van der Waals surface area contributed by atoms with E-state index in [1.54, 1.807) is 28.3 Å². The summed E-state index contributed by atoms with van der Waals surface area (Å²) >= 11 is 7.81. The van der Waals surface area contributed by atoms with Gasteiger partial charge >= 0.3 is 0 Å². The molecule has 0 aliphatic heterocycles. The van der Waals surface area contributed by atoms with Crippen molar-refractivity contribution >= 4 is 60.3 Å². The fourth-order valence-electron chi connectivity index (χ4n) is 5.34. The van der Waals surface area contributed by atoms with E-state index in [0.29, 0.717) is 49.3 Å². The van der Waals surface area contributed by atoms with E-state index in [9.17, 15) is 13.2 Å². The second-order valence-corrected chi connectivity index (χ2v) is 13.7. The number of ether oxygens (including phenoxy) is 1. The third-order valence-corrected chi connectivity index (χ3v) is 10.1. The zero-order chi connectivity index (χ0) is 31.5. The number of hydrogen-bond donors (Lipinski definition) is 1. The first-order valence-corrected chi connectivity index (χ1v) is 16.5. The summed E-state index contributed by atoms with van der Waals surface area (Å²) in [4.78, 5) is 23.5. The summed E-state index contributed by atoms with van der Waals surface area (Å²) in [6, 6.07) is 14.3. The van der Waals surface area contributed by atoms with Crippen LogP contribution in [0.4, 0.5) is 11.5 Å². The molecule has 4 aromatic heterocycles. The minimum Gasteiger partial charge on any atom is -0.495 e. The van der Waals surface area contributed by atoms with Crippen LogP contribution < -0.4 is 20.3 Å². The topological polar surface area (TPSA) is 138 Å². The third-order valence-electron chi connectivity index (χ3n) is 7.63. The van der Waals surface area contributed by atoms with Crippen LogP contribution in [0, 0.1) is 6.92 Å². The van der Waals surface area contributed by atoms with Crippen LogP contribution in [0.25, 0.3) is 38.2 Å². The fraction of sp³-hybridized carbons (Fsp3) is 0.200. The second-order valence-electron chi connectivity index (χ2n) is 10.4. The summed E-state index contributed by atoms with van der Waals surface area (Å²) in [6.07, 6.45) is 2.48. The normalized spacial score (nSPS) is 12.6. The Morgan fingerprint density at radius 2 is 1.89 bits per heavy atom. The Morgan fingerprint density at radius 1 is 1.11 bits per heavy atom. The first-order chi connectivity index (χ1) is 20.9. The highest BCUT2D eigenvalue weighted by Gasteiger charge is 2.27. The van der Waals surface area contributed by atoms with E-state index in [4.69, 9.17) is 27.2 Å². The zero-order valence-corrected chi connectivity index (χ0v) is 26.8. The molecule has 44 heavy (non-hydrogen) atoms. The highest BCUT2D eigenvalue weighted by molar-refractivity contribution is 7.92. The van der Waals surface area contributed by atoms with Crippen molar-refractivity contribution in [2.24, 2.45) is 0 Å². The second kappa shape index (κ2) is 10.9. The van der Waals surface area contributed by atoms with Crippen molar-refractivity contribution in [3.63, 3.8) is 0 Å². The Morgan fingerprint density at radius 3 is 2.59 bits per heavy atom. The van der Waals surface area contributed by atoms with Crippen molar-refractivity contribution in [3.8, 4) is 28.1 Å². The van der Waals surface area contributed by atoms with E-state index < -0.39 is 16.1 Å². The van der Waals surface area contributed by atoms with Crippen molar-refractivity contribution < 1.29 is 13.2 Å². The number of anilines is 2. The SMILES string of the molecule is COc1ccc(-c2nn([C@@H](C)c3cc4scc(Cl)n4c(=O)c3-c3cccc(C)c3)c3ncnc(N)c23)cc1N(C)S(C)(=O)=O. The lowest BCUT2D eigenvalue weighted by molar-refractivity contribution is 0.416. The van der Waals surface area contributed by atoms with Crippen LogP contribution in [0.5, 0.6) is 5.75 Å². The molecule has 6 rings (SSSR count). The summed E-state index contributed by atoms with van der Waals surface area (Å²) < 4.78 is 34.7. The lowest BCUT2D eigenvalue weighted by atomic mass is 9.96. The summed E-state index contributed by atoms with van der Waals surface area (Å²) in [5.41, 5.74) is 10.9. The summed E-state index contributed by atoms with van der Waals surface area (Å²) in [6.45, 7) is 3.91. The number of pyridine rings is 1. The lowest BCUT2D eigenvalue weighted by Crippen LogP contribution is -2.25. The van der Waals surface area contributed by atoms with Gasteiger partial charge in [0, 0.05) is 18.0 Å². The van der Waals surface area contributed by atoms with Crippen LogP contribution in [0.2, 0.25) is 5.15 Å². The van der Waals surface area contributed by atoms with Gasteiger partial charge in [-0.1, -0.05) is 41.4 Å². The first kappa shape index (κ1) is 29.6. The Kier molecular flexibility index (Phi) is 7.34. The molecule has 0 saturated carbocycles. The average molecular weight is 650 g/mol. The van der Waals surface area contributed by atoms with Gasteiger partial charge in [0.1, 0.15) is 33.6 Å². The minimum atomic E-state index is -3.60. The van der Waals surface area contributed by atoms with E-state index in [2.05, 4.69) is 9.97 Å². The quantitative estimate of drug-likeness (QED) is 0.243. The smallest absolute Gasteiger partial charge is 0.265 e. The predicted octanol–water partition coefficient (Wildman–Crippen LogP) is 5.39. The molecule has 2 N–H and O–H groups in total. The lowest BCUT2D eigenvalue weighted by Gasteiger charge is -2.20. The zero-order valence-electron chi connectivity index (χ0n) is 24.4. The molecule has 0 saturated heterocycles. The number of nitrogen functional groups attached to an aromatic ring is 1. The Labute approximate surface area is 262 Å². The van der Waals surface area contributed by atoms with Gasteiger partial charge in [-0.05, 0) is 49.2 Å². The van der Waals surface area contributed by atoms with Crippen LogP contribution in [0.15, 0.2) is 65.0 Å². The number of fused-ring (bicyclic) bond motifs is 2. The van der Waals surface area contributed by atoms with E-state index >= 15 is 0 Å². The van der Waals surface area contributed by atoms with Crippen LogP contribution in [-0.2, 0) is 10.0 Å². The molecule has 226 valence electrons. The highest BCUT2D eigenvalue weighted by Crippen LogP contribution is 2.39. The van der Waals surface area contributed by atoms with Gasteiger partial charge in [0.15, 0.2) is 5.65 Å². The van der Waals surface area contributed by atoms with Gasteiger partial charge in [0.25, 0.3) is 5.56 Å². The first-order valence-electron chi connectivity index (χ1n) is 13.4. The molecular formula is C30H28ClN7O4S2. The van der Waals surface area contributed by atoms with Crippen molar-refractivity contribution in [2.45, 2.75) is 19.9 Å². The molecule has 0 radical (unpaired) electrons. The number of methoxy groups -OCH3 is 1. The molecule has 14 heteroatoms. The summed E-state index contributed by atoms with van der Waals surface area (Å²) in [5, 5.41) is 7.54. The maximum atomic E-state index is 14.0. The van der Waals surface area contributed by atoms with E-state index in [0.717, 1.165) is 27.3 Å². The molecule has 0 fully saturated rings. The van der Waals surface area contributed by atoms with Gasteiger partial charge < -0.3 is 10.5 Å². The van der Waals surface area contributed by atoms with Crippen LogP contribution in [0.1, 0.15) is 24.1 Å². The molecule has 0 spiro atoms. The molecule has 2 aromatic carbocycles. The molecule has 1 atom stereocenters. The molecule has 11 nitrogen and oxygen atoms in total. The number of thiazole rings is 1. The number of nitrogens with zero attached hydrogens (tertiary/aromatic N) is 6. The van der Waals surface area contributed by atoms with Gasteiger partial charge in [-0.2, -0.15) is 5.10 Å².